The standard InChI is InChI=1S/C17H21F3N2O/c18-17(19,20)15(12-4-2-1-3-5-12)10-16(23)21-13-8-9-22(11-13)14-6-7-14/h1-5,13-15H,6-11H2,(H,21,23)/t13-,15+/m1/s1. The van der Waals surface area contributed by atoms with Crippen molar-refractivity contribution in [1.29, 1.82) is 0 Å². The predicted octanol–water partition coefficient (Wildman–Crippen LogP) is 3.08. The monoisotopic (exact) mass is 326 g/mol. The minimum Gasteiger partial charge on any atom is -0.352 e. The summed E-state index contributed by atoms with van der Waals surface area (Å²) in [6.45, 7) is 1.69. The number of carbonyl (C=O) groups excluding carboxylic acids is 1. The van der Waals surface area contributed by atoms with Gasteiger partial charge in [-0.2, -0.15) is 13.2 Å². The first-order valence-electron chi connectivity index (χ1n) is 8.08. The van der Waals surface area contributed by atoms with Crippen LogP contribution in [0.4, 0.5) is 13.2 Å². The van der Waals surface area contributed by atoms with E-state index >= 15 is 0 Å². The second kappa shape index (κ2) is 6.51. The Morgan fingerprint density at radius 2 is 1.91 bits per heavy atom. The van der Waals surface area contributed by atoms with Gasteiger partial charge in [0.15, 0.2) is 0 Å². The first-order valence-corrected chi connectivity index (χ1v) is 8.08. The lowest BCUT2D eigenvalue weighted by Crippen LogP contribution is -2.39. The first kappa shape index (κ1) is 16.3. The molecule has 126 valence electrons. The molecule has 0 aromatic heterocycles. The molecule has 23 heavy (non-hydrogen) atoms. The van der Waals surface area contributed by atoms with Crippen molar-refractivity contribution in [1.82, 2.24) is 10.2 Å². The Morgan fingerprint density at radius 1 is 1.22 bits per heavy atom. The van der Waals surface area contributed by atoms with Gasteiger partial charge in [0.1, 0.15) is 0 Å². The summed E-state index contributed by atoms with van der Waals surface area (Å²) in [4.78, 5) is 14.4. The van der Waals surface area contributed by atoms with Crippen LogP contribution in [0.2, 0.25) is 0 Å². The van der Waals surface area contributed by atoms with E-state index in [1.165, 1.54) is 25.0 Å². The summed E-state index contributed by atoms with van der Waals surface area (Å²) < 4.78 is 39.8. The topological polar surface area (TPSA) is 32.3 Å². The molecule has 2 fully saturated rings. The van der Waals surface area contributed by atoms with E-state index in [1.54, 1.807) is 18.2 Å². The van der Waals surface area contributed by atoms with Gasteiger partial charge < -0.3 is 5.32 Å². The van der Waals surface area contributed by atoms with Gasteiger partial charge >= 0.3 is 6.18 Å². The molecule has 0 unspecified atom stereocenters. The van der Waals surface area contributed by atoms with Crippen LogP contribution >= 0.6 is 0 Å². The highest BCUT2D eigenvalue weighted by Gasteiger charge is 2.42. The lowest BCUT2D eigenvalue weighted by molar-refractivity contribution is -0.157. The number of benzene rings is 1. The smallest absolute Gasteiger partial charge is 0.352 e. The van der Waals surface area contributed by atoms with Gasteiger partial charge in [-0.25, -0.2) is 0 Å². The second-order valence-corrected chi connectivity index (χ2v) is 6.49. The molecule has 1 aliphatic carbocycles. The number of likely N-dealkylation sites (tertiary alicyclic amines) is 1. The van der Waals surface area contributed by atoms with Crippen LogP contribution in [0.15, 0.2) is 30.3 Å². The van der Waals surface area contributed by atoms with Crippen LogP contribution < -0.4 is 5.32 Å². The molecular weight excluding hydrogens is 305 g/mol. The Balaban J connectivity index is 1.58. The summed E-state index contributed by atoms with van der Waals surface area (Å²) in [5.74, 6) is -2.26. The fraction of sp³-hybridized carbons (Fsp3) is 0.588. The quantitative estimate of drug-likeness (QED) is 0.902. The highest BCUT2D eigenvalue weighted by molar-refractivity contribution is 5.77. The Labute approximate surface area is 133 Å². The molecule has 2 atom stereocenters. The minimum atomic E-state index is -4.42. The van der Waals surface area contributed by atoms with Crippen LogP contribution in [0.3, 0.4) is 0 Å². The third-order valence-corrected chi connectivity index (χ3v) is 4.63. The Bertz CT molecular complexity index is 543. The summed E-state index contributed by atoms with van der Waals surface area (Å²) in [7, 11) is 0. The predicted molar refractivity (Wildman–Crippen MR) is 81.0 cm³/mol. The lowest BCUT2D eigenvalue weighted by atomic mass is 9.94. The molecule has 2 aliphatic rings. The minimum absolute atomic E-state index is 0.0206. The fourth-order valence-electron chi connectivity index (χ4n) is 3.26. The molecule has 1 aliphatic heterocycles. The van der Waals surface area contributed by atoms with Crippen molar-refractivity contribution in [2.45, 2.75) is 49.9 Å². The average Bonchev–Trinajstić information content (AvgIpc) is 3.25. The van der Waals surface area contributed by atoms with Crippen molar-refractivity contribution in [3.63, 3.8) is 0 Å². The van der Waals surface area contributed by atoms with E-state index in [1.807, 2.05) is 0 Å². The molecule has 0 bridgehead atoms. The van der Waals surface area contributed by atoms with Crippen LogP contribution in [-0.4, -0.2) is 42.2 Å². The van der Waals surface area contributed by atoms with Crippen LogP contribution in [0.25, 0.3) is 0 Å². The summed E-state index contributed by atoms with van der Waals surface area (Å²) in [6.07, 6.45) is -1.75. The van der Waals surface area contributed by atoms with Crippen molar-refractivity contribution in [2.24, 2.45) is 0 Å². The van der Waals surface area contributed by atoms with Gasteiger partial charge in [0.25, 0.3) is 0 Å². The number of alkyl halides is 3. The summed E-state index contributed by atoms with van der Waals surface area (Å²) in [5, 5.41) is 2.78. The van der Waals surface area contributed by atoms with Crippen LogP contribution in [0.1, 0.15) is 37.2 Å². The Hall–Kier alpha value is -1.56. The van der Waals surface area contributed by atoms with Gasteiger partial charge in [-0.3, -0.25) is 9.69 Å². The lowest BCUT2D eigenvalue weighted by Gasteiger charge is -2.22. The Kier molecular flexibility index (Phi) is 4.62. The van der Waals surface area contributed by atoms with E-state index in [2.05, 4.69) is 10.2 Å². The normalized spacial score (nSPS) is 23.7. The zero-order valence-electron chi connectivity index (χ0n) is 12.9. The molecule has 6 heteroatoms. The van der Waals surface area contributed by atoms with Crippen molar-refractivity contribution < 1.29 is 18.0 Å². The van der Waals surface area contributed by atoms with E-state index in [-0.39, 0.29) is 11.6 Å². The number of rotatable bonds is 5. The Morgan fingerprint density at radius 3 is 2.52 bits per heavy atom. The molecule has 1 saturated heterocycles. The molecule has 3 nitrogen and oxygen atoms in total. The number of hydrogen-bond acceptors (Lipinski definition) is 2. The van der Waals surface area contributed by atoms with Crippen molar-refractivity contribution in [3.8, 4) is 0 Å². The van der Waals surface area contributed by atoms with E-state index in [0.717, 1.165) is 19.5 Å². The van der Waals surface area contributed by atoms with Crippen LogP contribution in [0.5, 0.6) is 0 Å². The van der Waals surface area contributed by atoms with Gasteiger partial charge in [0, 0.05) is 31.6 Å². The molecule has 3 rings (SSSR count). The van der Waals surface area contributed by atoms with Crippen molar-refractivity contribution in [3.05, 3.63) is 35.9 Å². The van der Waals surface area contributed by atoms with Gasteiger partial charge in [0.2, 0.25) is 5.91 Å². The van der Waals surface area contributed by atoms with Crippen LogP contribution in [-0.2, 0) is 4.79 Å². The van der Waals surface area contributed by atoms with E-state index < -0.39 is 24.4 Å². The number of amides is 1. The molecule has 1 aromatic rings. The third-order valence-electron chi connectivity index (χ3n) is 4.63. The number of nitrogens with one attached hydrogen (secondary N) is 1. The summed E-state index contributed by atoms with van der Waals surface area (Å²) in [5.41, 5.74) is 0.140. The first-order chi connectivity index (χ1) is 10.9. The van der Waals surface area contributed by atoms with Crippen molar-refractivity contribution >= 4 is 5.91 Å². The van der Waals surface area contributed by atoms with Gasteiger partial charge in [-0.1, -0.05) is 30.3 Å². The van der Waals surface area contributed by atoms with E-state index in [9.17, 15) is 18.0 Å². The maximum atomic E-state index is 13.3. The van der Waals surface area contributed by atoms with Gasteiger partial charge in [-0.15, -0.1) is 0 Å². The average molecular weight is 326 g/mol. The summed E-state index contributed by atoms with van der Waals surface area (Å²) >= 11 is 0. The van der Waals surface area contributed by atoms with Gasteiger partial charge in [-0.05, 0) is 24.8 Å². The van der Waals surface area contributed by atoms with E-state index in [4.69, 9.17) is 0 Å². The number of carbonyl (C=O) groups is 1. The second-order valence-electron chi connectivity index (χ2n) is 6.49. The molecule has 1 N–H and O–H groups in total. The molecule has 1 aromatic carbocycles. The molecule has 0 spiro atoms. The van der Waals surface area contributed by atoms with E-state index in [0.29, 0.717) is 6.04 Å². The highest BCUT2D eigenvalue weighted by Crippen LogP contribution is 2.37. The zero-order valence-corrected chi connectivity index (χ0v) is 12.9. The zero-order chi connectivity index (χ0) is 16.4. The highest BCUT2D eigenvalue weighted by atomic mass is 19.4. The third kappa shape index (κ3) is 4.25. The molecular formula is C17H21F3N2O. The van der Waals surface area contributed by atoms with Crippen LogP contribution in [0, 0.1) is 0 Å². The molecule has 0 radical (unpaired) electrons. The number of hydrogen-bond donors (Lipinski definition) is 1. The fourth-order valence-corrected chi connectivity index (χ4v) is 3.26. The maximum Gasteiger partial charge on any atom is 0.396 e. The number of halogens is 3. The number of nitrogens with zero attached hydrogens (tertiary/aromatic N) is 1. The molecule has 1 amide bonds. The maximum absolute atomic E-state index is 13.3. The van der Waals surface area contributed by atoms with Gasteiger partial charge in [0.05, 0.1) is 5.92 Å². The summed E-state index contributed by atoms with van der Waals surface area (Å²) in [6, 6.07) is 8.26. The van der Waals surface area contributed by atoms with Crippen molar-refractivity contribution in [2.75, 3.05) is 13.1 Å². The molecule has 1 saturated carbocycles. The SMILES string of the molecule is O=C(C[C@@H](c1ccccc1)C(F)(F)F)N[C@@H]1CCN(C2CC2)C1. The largest absolute Gasteiger partial charge is 0.396 e. The molecule has 1 heterocycles.